The van der Waals surface area contributed by atoms with Gasteiger partial charge in [-0.3, -0.25) is 0 Å². The molecule has 29 heavy (non-hydrogen) atoms. The molecule has 2 aromatic carbocycles. The normalized spacial score (nSPS) is 19.8. The van der Waals surface area contributed by atoms with E-state index in [-0.39, 0.29) is 5.82 Å². The first-order valence-electron chi connectivity index (χ1n) is 8.43. The maximum Gasteiger partial charge on any atom is 0.430 e. The summed E-state index contributed by atoms with van der Waals surface area (Å²) in [5, 5.41) is 9.54. The van der Waals surface area contributed by atoms with Crippen LogP contribution >= 0.6 is 11.8 Å². The monoisotopic (exact) mass is 441 g/mol. The van der Waals surface area contributed by atoms with Gasteiger partial charge in [0.25, 0.3) is 5.60 Å². The lowest BCUT2D eigenvalue weighted by Gasteiger charge is -2.32. The lowest BCUT2D eigenvalue weighted by Crippen LogP contribution is -2.53. The number of rotatable bonds is 3. The van der Waals surface area contributed by atoms with Crippen molar-refractivity contribution in [3.63, 3.8) is 0 Å². The number of alkyl halides is 6. The fourth-order valence-corrected chi connectivity index (χ4v) is 3.94. The van der Waals surface area contributed by atoms with E-state index in [1.165, 1.54) is 18.2 Å². The zero-order valence-electron chi connectivity index (χ0n) is 14.8. The first-order valence-corrected chi connectivity index (χ1v) is 9.31. The second-order valence-corrected chi connectivity index (χ2v) is 7.87. The van der Waals surface area contributed by atoms with Gasteiger partial charge in [0.1, 0.15) is 5.82 Å². The van der Waals surface area contributed by atoms with Crippen molar-refractivity contribution < 1.29 is 35.8 Å². The second kappa shape index (κ2) is 8.93. The smallest absolute Gasteiger partial charge is 0.369 e. The summed E-state index contributed by atoms with van der Waals surface area (Å²) < 4.78 is 86.4. The Morgan fingerprint density at radius 1 is 0.828 bits per heavy atom. The lowest BCUT2D eigenvalue weighted by molar-refractivity contribution is -0.376. The van der Waals surface area contributed by atoms with Gasteiger partial charge in [-0.1, -0.05) is 30.3 Å². The molecule has 0 aromatic heterocycles. The van der Waals surface area contributed by atoms with Gasteiger partial charge in [-0.15, -0.1) is 11.8 Å². The summed E-state index contributed by atoms with van der Waals surface area (Å²) in [6.45, 7) is 0. The average Bonchev–Trinajstić information content (AvgIpc) is 2.61. The summed E-state index contributed by atoms with van der Waals surface area (Å²) in [5.74, 6) is -0.172. The van der Waals surface area contributed by atoms with E-state index in [1.54, 1.807) is 11.8 Å². The predicted octanol–water partition coefficient (Wildman–Crippen LogP) is 5.41. The fourth-order valence-electron chi connectivity index (χ4n) is 2.58. The molecule has 2 nitrogen and oxygen atoms in total. The standard InChI is InChI=1S/C10H12FNS.C9H6F6O/c11-7-1-3-9(4-2-7)13-10-5-8(12)6-10;10-8(11,12)7(16,9(13,14)15)6-4-2-1-3-5-6/h1-4,8,10H,5-6,12H2;1-5,16H. The molecule has 2 aromatic rings. The Morgan fingerprint density at radius 2 is 1.31 bits per heavy atom. The number of hydrogen-bond acceptors (Lipinski definition) is 3. The molecule has 0 spiro atoms. The van der Waals surface area contributed by atoms with Gasteiger partial charge in [-0.05, 0) is 37.1 Å². The van der Waals surface area contributed by atoms with Crippen LogP contribution in [0.5, 0.6) is 0 Å². The van der Waals surface area contributed by atoms with Crippen molar-refractivity contribution >= 4 is 11.8 Å². The van der Waals surface area contributed by atoms with E-state index in [9.17, 15) is 30.7 Å². The van der Waals surface area contributed by atoms with Gasteiger partial charge in [-0.2, -0.15) is 26.3 Å². The molecule has 3 rings (SSSR count). The van der Waals surface area contributed by atoms with E-state index >= 15 is 0 Å². The van der Waals surface area contributed by atoms with Crippen LogP contribution in [0.3, 0.4) is 0 Å². The third kappa shape index (κ3) is 5.64. The van der Waals surface area contributed by atoms with Gasteiger partial charge < -0.3 is 10.8 Å². The van der Waals surface area contributed by atoms with Crippen molar-refractivity contribution in [1.29, 1.82) is 0 Å². The van der Waals surface area contributed by atoms with Crippen molar-refractivity contribution in [2.75, 3.05) is 0 Å². The lowest BCUT2D eigenvalue weighted by atomic mass is 9.92. The van der Waals surface area contributed by atoms with Crippen molar-refractivity contribution in [2.45, 2.75) is 47.0 Å². The maximum atomic E-state index is 12.6. The first-order chi connectivity index (χ1) is 13.3. The van der Waals surface area contributed by atoms with Gasteiger partial charge in [0.15, 0.2) is 0 Å². The highest BCUT2D eigenvalue weighted by Crippen LogP contribution is 2.49. The Balaban J connectivity index is 0.000000211. The molecule has 0 atom stereocenters. The van der Waals surface area contributed by atoms with Crippen molar-refractivity contribution in [3.8, 4) is 0 Å². The zero-order valence-corrected chi connectivity index (χ0v) is 15.7. The second-order valence-electron chi connectivity index (χ2n) is 6.50. The number of benzene rings is 2. The number of thioether (sulfide) groups is 1. The topological polar surface area (TPSA) is 46.2 Å². The van der Waals surface area contributed by atoms with Crippen LogP contribution in [-0.4, -0.2) is 28.8 Å². The molecular formula is C19H18F7NOS. The van der Waals surface area contributed by atoms with Crippen LogP contribution in [0.2, 0.25) is 0 Å². The number of nitrogens with two attached hydrogens (primary N) is 1. The van der Waals surface area contributed by atoms with Crippen LogP contribution in [0.25, 0.3) is 0 Å². The average molecular weight is 441 g/mol. The minimum atomic E-state index is -5.83. The molecular weight excluding hydrogens is 423 g/mol. The Kier molecular flexibility index (Phi) is 7.23. The van der Waals surface area contributed by atoms with Crippen molar-refractivity contribution in [3.05, 3.63) is 66.0 Å². The molecule has 0 unspecified atom stereocenters. The molecule has 1 aliphatic carbocycles. The highest BCUT2D eigenvalue weighted by Gasteiger charge is 2.71. The molecule has 10 heteroatoms. The minimum absolute atomic E-state index is 0.172. The summed E-state index contributed by atoms with van der Waals surface area (Å²) in [7, 11) is 0. The van der Waals surface area contributed by atoms with Crippen LogP contribution in [0.4, 0.5) is 30.7 Å². The van der Waals surface area contributed by atoms with Gasteiger partial charge in [-0.25, -0.2) is 4.39 Å². The van der Waals surface area contributed by atoms with Crippen LogP contribution in [0, 0.1) is 5.82 Å². The van der Waals surface area contributed by atoms with E-state index in [1.807, 2.05) is 12.1 Å². The van der Waals surface area contributed by atoms with Gasteiger partial charge in [0.05, 0.1) is 0 Å². The Hall–Kier alpha value is -1.78. The third-order valence-electron chi connectivity index (χ3n) is 4.26. The Labute approximate surface area is 166 Å². The molecule has 160 valence electrons. The summed E-state index contributed by atoms with van der Waals surface area (Å²) in [6.07, 6.45) is -9.48. The third-order valence-corrected chi connectivity index (χ3v) is 5.52. The number of hydrogen-bond donors (Lipinski definition) is 2. The predicted molar refractivity (Wildman–Crippen MR) is 95.7 cm³/mol. The number of halogens is 7. The van der Waals surface area contributed by atoms with Gasteiger partial charge >= 0.3 is 12.4 Å². The Bertz CT molecular complexity index is 758. The van der Waals surface area contributed by atoms with E-state index in [0.717, 1.165) is 29.9 Å². The SMILES string of the molecule is NC1CC(Sc2ccc(F)cc2)C1.OC(c1ccccc1)(C(F)(F)F)C(F)(F)F. The molecule has 0 aliphatic heterocycles. The molecule has 0 amide bonds. The molecule has 0 saturated heterocycles. The van der Waals surface area contributed by atoms with Crippen molar-refractivity contribution in [2.24, 2.45) is 5.73 Å². The van der Waals surface area contributed by atoms with Gasteiger partial charge in [0, 0.05) is 21.8 Å². The van der Waals surface area contributed by atoms with E-state index in [0.29, 0.717) is 23.4 Å². The number of aliphatic hydroxyl groups is 1. The largest absolute Gasteiger partial charge is 0.430 e. The summed E-state index contributed by atoms with van der Waals surface area (Å²) in [5.41, 5.74) is -0.413. The molecule has 1 fully saturated rings. The highest BCUT2D eigenvalue weighted by atomic mass is 32.2. The summed E-state index contributed by atoms with van der Waals surface area (Å²) in [6, 6.07) is 11.4. The molecule has 3 N–H and O–H groups in total. The van der Waals surface area contributed by atoms with Crippen molar-refractivity contribution in [1.82, 2.24) is 0 Å². The highest BCUT2D eigenvalue weighted by molar-refractivity contribution is 8.00. The maximum absolute atomic E-state index is 12.6. The molecule has 0 bridgehead atoms. The zero-order chi connectivity index (χ0) is 21.9. The quantitative estimate of drug-likeness (QED) is 0.627. The van der Waals surface area contributed by atoms with Gasteiger partial charge in [0.2, 0.25) is 0 Å². The van der Waals surface area contributed by atoms with Crippen LogP contribution in [0.1, 0.15) is 18.4 Å². The van der Waals surface area contributed by atoms with E-state index < -0.39 is 23.5 Å². The van der Waals surface area contributed by atoms with Crippen LogP contribution < -0.4 is 5.73 Å². The summed E-state index contributed by atoms with van der Waals surface area (Å²) in [4.78, 5) is 1.14. The van der Waals surface area contributed by atoms with Crippen LogP contribution in [0.15, 0.2) is 59.5 Å². The fraction of sp³-hybridized carbons (Fsp3) is 0.368. The van der Waals surface area contributed by atoms with Crippen LogP contribution in [-0.2, 0) is 5.60 Å². The molecule has 0 heterocycles. The summed E-state index contributed by atoms with van der Waals surface area (Å²) >= 11 is 1.80. The van der Waals surface area contributed by atoms with E-state index in [4.69, 9.17) is 10.8 Å². The molecule has 1 aliphatic rings. The molecule has 0 radical (unpaired) electrons. The van der Waals surface area contributed by atoms with E-state index in [2.05, 4.69) is 0 Å². The first kappa shape index (κ1) is 23.5. The minimum Gasteiger partial charge on any atom is -0.369 e. The Morgan fingerprint density at radius 3 is 1.72 bits per heavy atom. The molecule has 1 saturated carbocycles.